The number of nitrogens with zero attached hydrogens (tertiary/aromatic N) is 1. The summed E-state index contributed by atoms with van der Waals surface area (Å²) in [5.74, 6) is 0.667. The first-order valence-electron chi connectivity index (χ1n) is 4.82. The quantitative estimate of drug-likeness (QED) is 0.822. The molecule has 0 aliphatic rings. The maximum Gasteiger partial charge on any atom is 0.141 e. The van der Waals surface area contributed by atoms with Crippen LogP contribution >= 0.6 is 11.6 Å². The van der Waals surface area contributed by atoms with E-state index in [0.29, 0.717) is 11.7 Å². The van der Waals surface area contributed by atoms with Gasteiger partial charge < -0.3 is 5.32 Å². The Kier molecular flexibility index (Phi) is 3.37. The summed E-state index contributed by atoms with van der Waals surface area (Å²) >= 11 is 5.80. The third-order valence-electron chi connectivity index (χ3n) is 2.15. The second-order valence-corrected chi connectivity index (χ2v) is 3.54. The largest absolute Gasteiger partial charge is 0.340 e. The van der Waals surface area contributed by atoms with Crippen LogP contribution in [0.2, 0.25) is 0 Å². The van der Waals surface area contributed by atoms with Gasteiger partial charge in [0, 0.05) is 11.6 Å². The first-order chi connectivity index (χ1) is 7.79. The zero-order valence-electron chi connectivity index (χ0n) is 8.45. The standard InChI is InChI=1S/C12H10ClFN2/c13-7-9-3-1-2-4-11(9)16-12-6-5-10(14)8-15-12/h1-6,8H,7H2,(H,15,16). The van der Waals surface area contributed by atoms with Gasteiger partial charge in [-0.1, -0.05) is 18.2 Å². The van der Waals surface area contributed by atoms with Crippen molar-refractivity contribution in [3.8, 4) is 0 Å². The molecule has 0 fully saturated rings. The van der Waals surface area contributed by atoms with Crippen molar-refractivity contribution in [2.45, 2.75) is 5.88 Å². The molecule has 2 aromatic rings. The number of pyridine rings is 1. The van der Waals surface area contributed by atoms with Crippen LogP contribution in [0.1, 0.15) is 5.56 Å². The van der Waals surface area contributed by atoms with E-state index in [4.69, 9.17) is 11.6 Å². The van der Waals surface area contributed by atoms with Crippen molar-refractivity contribution in [3.05, 3.63) is 54.0 Å². The fraction of sp³-hybridized carbons (Fsp3) is 0.0833. The molecule has 2 nitrogen and oxygen atoms in total. The van der Waals surface area contributed by atoms with Crippen LogP contribution in [0.3, 0.4) is 0 Å². The summed E-state index contributed by atoms with van der Waals surface area (Å²) in [6.07, 6.45) is 1.17. The predicted octanol–water partition coefficient (Wildman–Crippen LogP) is 3.70. The van der Waals surface area contributed by atoms with E-state index in [0.717, 1.165) is 11.3 Å². The second-order valence-electron chi connectivity index (χ2n) is 3.28. The zero-order chi connectivity index (χ0) is 11.4. The average Bonchev–Trinajstić information content (AvgIpc) is 2.33. The van der Waals surface area contributed by atoms with Crippen molar-refractivity contribution in [3.63, 3.8) is 0 Å². The van der Waals surface area contributed by atoms with Gasteiger partial charge >= 0.3 is 0 Å². The first-order valence-corrected chi connectivity index (χ1v) is 5.35. The van der Waals surface area contributed by atoms with Gasteiger partial charge in [-0.3, -0.25) is 0 Å². The lowest BCUT2D eigenvalue weighted by atomic mass is 10.2. The number of alkyl halides is 1. The minimum atomic E-state index is -0.351. The normalized spacial score (nSPS) is 10.1. The molecule has 16 heavy (non-hydrogen) atoms. The molecule has 0 bridgehead atoms. The van der Waals surface area contributed by atoms with Gasteiger partial charge in [0.15, 0.2) is 0 Å². The van der Waals surface area contributed by atoms with E-state index in [2.05, 4.69) is 10.3 Å². The molecule has 82 valence electrons. The maximum atomic E-state index is 12.7. The molecule has 1 aromatic heterocycles. The number of benzene rings is 1. The monoisotopic (exact) mass is 236 g/mol. The minimum absolute atomic E-state index is 0.351. The fourth-order valence-electron chi connectivity index (χ4n) is 1.35. The Hall–Kier alpha value is -1.61. The van der Waals surface area contributed by atoms with Crippen molar-refractivity contribution >= 4 is 23.1 Å². The number of anilines is 2. The molecule has 1 N–H and O–H groups in total. The molecule has 0 spiro atoms. The Morgan fingerprint density at radius 1 is 1.19 bits per heavy atom. The summed E-state index contributed by atoms with van der Waals surface area (Å²) in [5, 5.41) is 3.09. The van der Waals surface area contributed by atoms with E-state index in [1.54, 1.807) is 6.07 Å². The van der Waals surface area contributed by atoms with Crippen LogP contribution in [0, 0.1) is 5.82 Å². The molecule has 4 heteroatoms. The van der Waals surface area contributed by atoms with Gasteiger partial charge in [-0.2, -0.15) is 0 Å². The molecular weight excluding hydrogens is 227 g/mol. The number of aromatic nitrogens is 1. The van der Waals surface area contributed by atoms with E-state index < -0.39 is 0 Å². The lowest BCUT2D eigenvalue weighted by Crippen LogP contribution is -1.96. The summed E-state index contributed by atoms with van der Waals surface area (Å²) < 4.78 is 12.7. The third-order valence-corrected chi connectivity index (χ3v) is 2.44. The SMILES string of the molecule is Fc1ccc(Nc2ccccc2CCl)nc1. The van der Waals surface area contributed by atoms with E-state index in [1.807, 2.05) is 24.3 Å². The maximum absolute atomic E-state index is 12.7. The molecule has 1 aromatic carbocycles. The Balaban J connectivity index is 2.23. The highest BCUT2D eigenvalue weighted by atomic mass is 35.5. The predicted molar refractivity (Wildman–Crippen MR) is 63.5 cm³/mol. The molecular formula is C12H10ClFN2. The number of hydrogen-bond donors (Lipinski definition) is 1. The topological polar surface area (TPSA) is 24.9 Å². The van der Waals surface area contributed by atoms with E-state index >= 15 is 0 Å². The molecule has 2 rings (SSSR count). The summed E-state index contributed by atoms with van der Waals surface area (Å²) in [6.45, 7) is 0. The summed E-state index contributed by atoms with van der Waals surface area (Å²) in [5.41, 5.74) is 1.87. The van der Waals surface area contributed by atoms with Gasteiger partial charge in [0.05, 0.1) is 6.20 Å². The van der Waals surface area contributed by atoms with E-state index in [1.165, 1.54) is 12.3 Å². The molecule has 0 aliphatic heterocycles. The number of hydrogen-bond acceptors (Lipinski definition) is 2. The number of halogens is 2. The molecule has 0 atom stereocenters. The molecule has 1 heterocycles. The Morgan fingerprint density at radius 3 is 2.69 bits per heavy atom. The van der Waals surface area contributed by atoms with E-state index in [-0.39, 0.29) is 5.82 Å². The first kappa shape index (κ1) is 10.9. The fourth-order valence-corrected chi connectivity index (χ4v) is 1.58. The second kappa shape index (κ2) is 4.94. The molecule has 0 saturated heterocycles. The average molecular weight is 237 g/mol. The highest BCUT2D eigenvalue weighted by molar-refractivity contribution is 6.17. The van der Waals surface area contributed by atoms with Gasteiger partial charge in [-0.15, -0.1) is 11.6 Å². The highest BCUT2D eigenvalue weighted by Crippen LogP contribution is 2.20. The van der Waals surface area contributed by atoms with Crippen LogP contribution in [0.25, 0.3) is 0 Å². The Morgan fingerprint density at radius 2 is 2.00 bits per heavy atom. The van der Waals surface area contributed by atoms with Crippen LogP contribution in [0.15, 0.2) is 42.6 Å². The minimum Gasteiger partial charge on any atom is -0.340 e. The van der Waals surface area contributed by atoms with Crippen LogP contribution in [0.4, 0.5) is 15.9 Å². The van der Waals surface area contributed by atoms with Gasteiger partial charge in [-0.05, 0) is 23.8 Å². The Bertz CT molecular complexity index is 471. The van der Waals surface area contributed by atoms with Crippen molar-refractivity contribution in [1.29, 1.82) is 0 Å². The van der Waals surface area contributed by atoms with Gasteiger partial charge in [-0.25, -0.2) is 9.37 Å². The number of para-hydroxylation sites is 1. The van der Waals surface area contributed by atoms with Gasteiger partial charge in [0.1, 0.15) is 11.6 Å². The molecule has 0 aliphatic carbocycles. The van der Waals surface area contributed by atoms with Crippen LogP contribution < -0.4 is 5.32 Å². The van der Waals surface area contributed by atoms with Crippen molar-refractivity contribution < 1.29 is 4.39 Å². The highest BCUT2D eigenvalue weighted by Gasteiger charge is 2.01. The van der Waals surface area contributed by atoms with Crippen molar-refractivity contribution in [2.24, 2.45) is 0 Å². The van der Waals surface area contributed by atoms with Crippen molar-refractivity contribution in [2.75, 3.05) is 5.32 Å². The van der Waals surface area contributed by atoms with Gasteiger partial charge in [0.2, 0.25) is 0 Å². The molecule has 0 radical (unpaired) electrons. The molecule has 0 amide bonds. The van der Waals surface area contributed by atoms with Crippen LogP contribution in [-0.4, -0.2) is 4.98 Å². The van der Waals surface area contributed by atoms with Crippen LogP contribution in [0.5, 0.6) is 0 Å². The zero-order valence-corrected chi connectivity index (χ0v) is 9.21. The summed E-state index contributed by atoms with van der Waals surface area (Å²) in [4.78, 5) is 3.92. The number of nitrogens with one attached hydrogen (secondary N) is 1. The smallest absolute Gasteiger partial charge is 0.141 e. The van der Waals surface area contributed by atoms with Crippen molar-refractivity contribution in [1.82, 2.24) is 4.98 Å². The third kappa shape index (κ3) is 2.49. The molecule has 0 saturated carbocycles. The lowest BCUT2D eigenvalue weighted by Gasteiger charge is -2.08. The van der Waals surface area contributed by atoms with Gasteiger partial charge in [0.25, 0.3) is 0 Å². The number of rotatable bonds is 3. The van der Waals surface area contributed by atoms with Crippen LogP contribution in [-0.2, 0) is 5.88 Å². The summed E-state index contributed by atoms with van der Waals surface area (Å²) in [6, 6.07) is 10.6. The lowest BCUT2D eigenvalue weighted by molar-refractivity contribution is 0.622. The van der Waals surface area contributed by atoms with E-state index in [9.17, 15) is 4.39 Å². The Labute approximate surface area is 98.1 Å². The summed E-state index contributed by atoms with van der Waals surface area (Å²) in [7, 11) is 0. The molecule has 0 unspecified atom stereocenters.